The summed E-state index contributed by atoms with van der Waals surface area (Å²) in [7, 11) is 1.31. The van der Waals surface area contributed by atoms with E-state index in [1.165, 1.54) is 30.2 Å². The summed E-state index contributed by atoms with van der Waals surface area (Å²) in [6, 6.07) is 4.97. The minimum Gasteiger partial charge on any atom is -0.484 e. The lowest BCUT2D eigenvalue weighted by Crippen LogP contribution is -2.16. The molecule has 0 spiro atoms. The summed E-state index contributed by atoms with van der Waals surface area (Å²) < 4.78 is 12.5. The van der Waals surface area contributed by atoms with Crippen molar-refractivity contribution < 1.29 is 19.1 Å². The predicted octanol–water partition coefficient (Wildman–Crippen LogP) is 5.38. The number of aromatic nitrogens is 3. The minimum atomic E-state index is -0.477. The monoisotopic (exact) mass is 528 g/mol. The molecule has 2 heterocycles. The van der Waals surface area contributed by atoms with Gasteiger partial charge < -0.3 is 19.4 Å². The number of rotatable bonds is 9. The van der Waals surface area contributed by atoms with Gasteiger partial charge in [-0.05, 0) is 38.5 Å². The summed E-state index contributed by atoms with van der Waals surface area (Å²) in [6.07, 6.45) is 0. The third-order valence-electron chi connectivity index (χ3n) is 4.72. The molecule has 0 aliphatic carbocycles. The number of carbonyl (C=O) groups is 2. The number of benzene rings is 1. The molecule has 1 aromatic carbocycles. The van der Waals surface area contributed by atoms with E-state index in [9.17, 15) is 9.59 Å². The molecular formula is C21H22Cl2N4O4S2. The van der Waals surface area contributed by atoms with E-state index in [0.29, 0.717) is 43.9 Å². The van der Waals surface area contributed by atoms with Crippen LogP contribution in [0.4, 0.5) is 5.00 Å². The highest BCUT2D eigenvalue weighted by Gasteiger charge is 2.22. The Morgan fingerprint density at radius 2 is 2.00 bits per heavy atom. The van der Waals surface area contributed by atoms with Crippen molar-refractivity contribution in [1.29, 1.82) is 0 Å². The normalized spacial score (nSPS) is 10.8. The Morgan fingerprint density at radius 1 is 1.24 bits per heavy atom. The molecule has 0 fully saturated rings. The zero-order chi connectivity index (χ0) is 24.1. The van der Waals surface area contributed by atoms with E-state index < -0.39 is 5.97 Å². The number of carbonyl (C=O) groups excluding carboxylic acids is 2. The molecular weight excluding hydrogens is 507 g/mol. The van der Waals surface area contributed by atoms with Crippen LogP contribution >= 0.6 is 46.3 Å². The highest BCUT2D eigenvalue weighted by Crippen LogP contribution is 2.33. The molecule has 8 nitrogen and oxygen atoms in total. The molecule has 1 amide bonds. The van der Waals surface area contributed by atoms with Crippen LogP contribution < -0.4 is 10.1 Å². The molecule has 1 N–H and O–H groups in total. The summed E-state index contributed by atoms with van der Waals surface area (Å²) in [4.78, 5) is 25.6. The maximum absolute atomic E-state index is 12.6. The number of ether oxygens (including phenoxy) is 2. The number of hydrogen-bond donors (Lipinski definition) is 1. The van der Waals surface area contributed by atoms with Crippen molar-refractivity contribution in [3.8, 4) is 5.75 Å². The van der Waals surface area contributed by atoms with Crippen LogP contribution in [0, 0.1) is 13.8 Å². The minimum absolute atomic E-state index is 0.0930. The van der Waals surface area contributed by atoms with Crippen LogP contribution in [0.5, 0.6) is 5.75 Å². The van der Waals surface area contributed by atoms with E-state index in [-0.39, 0.29) is 18.3 Å². The molecule has 2 aromatic heterocycles. The summed E-state index contributed by atoms with van der Waals surface area (Å²) in [5, 5.41) is 13.2. The summed E-state index contributed by atoms with van der Waals surface area (Å²) in [5.41, 5.74) is 1.18. The average Bonchev–Trinajstić information content (AvgIpc) is 3.31. The van der Waals surface area contributed by atoms with Crippen LogP contribution in [-0.4, -0.2) is 39.5 Å². The van der Waals surface area contributed by atoms with Crippen LogP contribution in [0.3, 0.4) is 0 Å². The molecule has 0 aliphatic heterocycles. The fraction of sp³-hybridized carbons (Fsp3) is 0.333. The molecule has 33 heavy (non-hydrogen) atoms. The number of halogens is 2. The van der Waals surface area contributed by atoms with Gasteiger partial charge in [0.05, 0.1) is 23.4 Å². The number of nitrogens with one attached hydrogen (secondary N) is 1. The van der Waals surface area contributed by atoms with Gasteiger partial charge in [0.25, 0.3) is 0 Å². The number of amides is 1. The fourth-order valence-corrected chi connectivity index (χ4v) is 5.16. The second-order valence-corrected chi connectivity index (χ2v) is 9.83. The Kier molecular flexibility index (Phi) is 8.63. The standard InChI is InChI=1S/C21H22Cl2N4O4S2/c1-5-27-16(9-31-15-8-13(22)6-7-14(15)23)25-26-21(27)32-10-17(28)24-19-18(20(29)30-4)11(2)12(3)33-19/h6-8H,5,9-10H2,1-4H3,(H,24,28). The van der Waals surface area contributed by atoms with Crippen molar-refractivity contribution in [3.63, 3.8) is 0 Å². The van der Waals surface area contributed by atoms with Gasteiger partial charge in [0, 0.05) is 22.5 Å². The van der Waals surface area contributed by atoms with E-state index in [1.54, 1.807) is 18.2 Å². The first-order chi connectivity index (χ1) is 15.7. The van der Waals surface area contributed by atoms with Gasteiger partial charge in [-0.1, -0.05) is 35.0 Å². The van der Waals surface area contributed by atoms with Gasteiger partial charge in [-0.2, -0.15) is 0 Å². The van der Waals surface area contributed by atoms with Gasteiger partial charge >= 0.3 is 5.97 Å². The summed E-state index contributed by atoms with van der Waals surface area (Å²) in [5.74, 6) is 0.395. The van der Waals surface area contributed by atoms with Crippen molar-refractivity contribution in [2.24, 2.45) is 0 Å². The van der Waals surface area contributed by atoms with Gasteiger partial charge in [0.1, 0.15) is 17.4 Å². The zero-order valence-electron chi connectivity index (χ0n) is 18.4. The number of methoxy groups -OCH3 is 1. The van der Waals surface area contributed by atoms with Gasteiger partial charge in [-0.15, -0.1) is 21.5 Å². The van der Waals surface area contributed by atoms with Crippen LogP contribution in [0.1, 0.15) is 33.5 Å². The zero-order valence-corrected chi connectivity index (χ0v) is 21.5. The van der Waals surface area contributed by atoms with Crippen LogP contribution in [0.25, 0.3) is 0 Å². The molecule has 0 atom stereocenters. The summed E-state index contributed by atoms with van der Waals surface area (Å²) in [6.45, 7) is 6.40. The molecule has 12 heteroatoms. The number of esters is 1. The first-order valence-corrected chi connectivity index (χ1v) is 12.4. The largest absolute Gasteiger partial charge is 0.484 e. The average molecular weight is 529 g/mol. The molecule has 0 saturated heterocycles. The van der Waals surface area contributed by atoms with Crippen LogP contribution in [0.15, 0.2) is 23.4 Å². The number of nitrogens with zero attached hydrogens (tertiary/aromatic N) is 3. The molecule has 0 radical (unpaired) electrons. The first kappa shape index (κ1) is 25.4. The lowest BCUT2D eigenvalue weighted by atomic mass is 10.1. The van der Waals surface area contributed by atoms with E-state index in [0.717, 1.165) is 10.4 Å². The lowest BCUT2D eigenvalue weighted by Gasteiger charge is -2.10. The second kappa shape index (κ2) is 11.2. The Balaban J connectivity index is 1.65. The molecule has 0 aliphatic rings. The van der Waals surface area contributed by atoms with E-state index >= 15 is 0 Å². The van der Waals surface area contributed by atoms with Crippen molar-refractivity contribution in [2.75, 3.05) is 18.2 Å². The van der Waals surface area contributed by atoms with Gasteiger partial charge in [0.2, 0.25) is 5.91 Å². The first-order valence-electron chi connectivity index (χ1n) is 9.86. The fourth-order valence-electron chi connectivity index (χ4n) is 2.94. The lowest BCUT2D eigenvalue weighted by molar-refractivity contribution is -0.113. The number of anilines is 1. The van der Waals surface area contributed by atoms with Crippen molar-refractivity contribution in [2.45, 2.75) is 39.1 Å². The predicted molar refractivity (Wildman–Crippen MR) is 131 cm³/mol. The van der Waals surface area contributed by atoms with Crippen molar-refractivity contribution >= 4 is 63.2 Å². The maximum atomic E-state index is 12.6. The Hall–Kier alpha value is -2.27. The smallest absolute Gasteiger partial charge is 0.341 e. The van der Waals surface area contributed by atoms with E-state index in [4.69, 9.17) is 32.7 Å². The third-order valence-corrected chi connectivity index (χ3v) is 7.36. The van der Waals surface area contributed by atoms with Gasteiger partial charge in [0.15, 0.2) is 11.0 Å². The number of thioether (sulfide) groups is 1. The molecule has 3 rings (SSSR count). The third kappa shape index (κ3) is 6.00. The molecule has 0 unspecified atom stereocenters. The van der Waals surface area contributed by atoms with Gasteiger partial charge in [-0.25, -0.2) is 4.79 Å². The molecule has 176 valence electrons. The van der Waals surface area contributed by atoms with Crippen LogP contribution in [-0.2, 0) is 22.7 Å². The van der Waals surface area contributed by atoms with Gasteiger partial charge in [-0.3, -0.25) is 4.79 Å². The number of hydrogen-bond acceptors (Lipinski definition) is 8. The van der Waals surface area contributed by atoms with E-state index in [1.807, 2.05) is 25.3 Å². The number of thiophene rings is 1. The van der Waals surface area contributed by atoms with Crippen LogP contribution in [0.2, 0.25) is 10.0 Å². The quantitative estimate of drug-likeness (QED) is 0.294. The second-order valence-electron chi connectivity index (χ2n) is 6.82. The Bertz CT molecular complexity index is 1180. The van der Waals surface area contributed by atoms with E-state index in [2.05, 4.69) is 15.5 Å². The Labute approximate surface area is 209 Å². The maximum Gasteiger partial charge on any atom is 0.341 e. The highest BCUT2D eigenvalue weighted by atomic mass is 35.5. The SMILES string of the molecule is CCn1c(COc2cc(Cl)ccc2Cl)nnc1SCC(=O)Nc1sc(C)c(C)c1C(=O)OC. The number of aryl methyl sites for hydroxylation is 1. The summed E-state index contributed by atoms with van der Waals surface area (Å²) >= 11 is 14.7. The van der Waals surface area contributed by atoms with Crippen molar-refractivity contribution in [3.05, 3.63) is 50.1 Å². The molecule has 3 aromatic rings. The van der Waals surface area contributed by atoms with Crippen molar-refractivity contribution in [1.82, 2.24) is 14.8 Å². The topological polar surface area (TPSA) is 95.3 Å². The molecule has 0 bridgehead atoms. The highest BCUT2D eigenvalue weighted by molar-refractivity contribution is 7.99. The Morgan fingerprint density at radius 3 is 2.70 bits per heavy atom. The molecule has 0 saturated carbocycles.